The predicted molar refractivity (Wildman–Crippen MR) is 100 cm³/mol. The molecule has 3 N–H and O–H groups in total. The van der Waals surface area contributed by atoms with Crippen molar-refractivity contribution in [3.63, 3.8) is 0 Å². The smallest absolute Gasteiger partial charge is 0.320 e. The number of alkyl halides is 2. The molecule has 3 aromatic heterocycles. The number of carbonyl (C=O) groups excluding carboxylic acids is 2. The van der Waals surface area contributed by atoms with Crippen LogP contribution < -0.4 is 11.1 Å². The molecule has 0 spiro atoms. The summed E-state index contributed by atoms with van der Waals surface area (Å²) >= 11 is 0.742. The molecule has 3 aromatic rings. The van der Waals surface area contributed by atoms with Gasteiger partial charge in [-0.05, 0) is 25.5 Å². The Balaban J connectivity index is 2.14. The first-order valence-corrected chi connectivity index (χ1v) is 9.00. The summed E-state index contributed by atoms with van der Waals surface area (Å²) < 4.78 is 27.3. The second kappa shape index (κ2) is 7.50. The molecular weight excluding hydrogens is 410 g/mol. The lowest BCUT2D eigenvalue weighted by molar-refractivity contribution is -0.385. The Bertz CT molecular complexity index is 1160. The zero-order valence-electron chi connectivity index (χ0n) is 15.1. The van der Waals surface area contributed by atoms with E-state index in [0.717, 1.165) is 23.6 Å². The van der Waals surface area contributed by atoms with Crippen LogP contribution in [0.15, 0.2) is 12.3 Å². The molecule has 0 radical (unpaired) electrons. The molecule has 0 fully saturated rings. The maximum atomic E-state index is 13.0. The second-order valence-corrected chi connectivity index (χ2v) is 6.94. The first kappa shape index (κ1) is 20.3. The molecule has 152 valence electrons. The highest BCUT2D eigenvalue weighted by molar-refractivity contribution is 7.21. The number of aryl methyl sites for hydroxylation is 2. The fraction of sp³-hybridized carbons (Fsp3) is 0.250. The first-order chi connectivity index (χ1) is 13.6. The number of nitrogens with zero attached hydrogens (tertiary/aromatic N) is 4. The third-order valence-corrected chi connectivity index (χ3v) is 5.14. The SMILES string of the molecule is CCn1cc([N+](=O)[O-])c(C(=O)Nc2c(C(N)=O)sc3nc(C(F)F)cc(C)c23)n1. The van der Waals surface area contributed by atoms with Gasteiger partial charge < -0.3 is 11.1 Å². The van der Waals surface area contributed by atoms with Gasteiger partial charge in [-0.2, -0.15) is 5.10 Å². The highest BCUT2D eigenvalue weighted by Gasteiger charge is 2.29. The highest BCUT2D eigenvalue weighted by atomic mass is 32.1. The molecule has 3 rings (SSSR count). The number of pyridine rings is 1. The van der Waals surface area contributed by atoms with Gasteiger partial charge in [0, 0.05) is 11.9 Å². The molecular formula is C16H14F2N6O4S. The summed E-state index contributed by atoms with van der Waals surface area (Å²) in [5, 5.41) is 17.8. The van der Waals surface area contributed by atoms with Crippen molar-refractivity contribution in [1.29, 1.82) is 0 Å². The van der Waals surface area contributed by atoms with Gasteiger partial charge in [-0.25, -0.2) is 13.8 Å². The summed E-state index contributed by atoms with van der Waals surface area (Å²) in [4.78, 5) is 38.8. The predicted octanol–water partition coefficient (Wildman–Crippen LogP) is 3.02. The summed E-state index contributed by atoms with van der Waals surface area (Å²) in [6, 6.07) is 1.13. The molecule has 13 heteroatoms. The third kappa shape index (κ3) is 3.63. The van der Waals surface area contributed by atoms with Crippen molar-refractivity contribution in [2.45, 2.75) is 26.8 Å². The Morgan fingerprint density at radius 3 is 2.69 bits per heavy atom. The number of primary amides is 1. The molecule has 0 saturated heterocycles. The van der Waals surface area contributed by atoms with E-state index in [1.165, 1.54) is 11.6 Å². The number of fused-ring (bicyclic) bond motifs is 1. The minimum Gasteiger partial charge on any atom is -0.365 e. The standard InChI is InChI=1S/C16H14F2N6O4S/c1-3-23-5-8(24(27)28)10(22-23)15(26)21-11-9-6(2)4-7(13(17)18)20-16(9)29-12(11)14(19)25/h4-5,13H,3H2,1-2H3,(H2,19,25)(H,21,26). The summed E-state index contributed by atoms with van der Waals surface area (Å²) in [7, 11) is 0. The number of hydrogen-bond donors (Lipinski definition) is 2. The number of hydrogen-bond acceptors (Lipinski definition) is 7. The van der Waals surface area contributed by atoms with Crippen molar-refractivity contribution >= 4 is 44.7 Å². The average Bonchev–Trinajstić information content (AvgIpc) is 3.23. The molecule has 10 nitrogen and oxygen atoms in total. The van der Waals surface area contributed by atoms with Crippen LogP contribution in [0, 0.1) is 17.0 Å². The van der Waals surface area contributed by atoms with Crippen LogP contribution in [0.4, 0.5) is 20.2 Å². The molecule has 29 heavy (non-hydrogen) atoms. The largest absolute Gasteiger partial charge is 0.365 e. The van der Waals surface area contributed by atoms with Crippen molar-refractivity contribution in [1.82, 2.24) is 14.8 Å². The van der Waals surface area contributed by atoms with Gasteiger partial charge in [0.15, 0.2) is 0 Å². The van der Waals surface area contributed by atoms with Crippen molar-refractivity contribution in [3.8, 4) is 0 Å². The normalized spacial score (nSPS) is 11.2. The van der Waals surface area contributed by atoms with E-state index in [1.807, 2.05) is 0 Å². The zero-order valence-corrected chi connectivity index (χ0v) is 15.9. The minimum atomic E-state index is -2.82. The van der Waals surface area contributed by atoms with E-state index in [1.54, 1.807) is 6.92 Å². The number of amides is 2. The van der Waals surface area contributed by atoms with E-state index in [4.69, 9.17) is 5.73 Å². The number of thiophene rings is 1. The van der Waals surface area contributed by atoms with Crippen LogP contribution in [0.3, 0.4) is 0 Å². The Morgan fingerprint density at radius 1 is 1.45 bits per heavy atom. The van der Waals surface area contributed by atoms with E-state index < -0.39 is 40.2 Å². The second-order valence-electron chi connectivity index (χ2n) is 5.95. The van der Waals surface area contributed by atoms with Gasteiger partial charge in [-0.1, -0.05) is 0 Å². The Morgan fingerprint density at radius 2 is 2.14 bits per heavy atom. The monoisotopic (exact) mass is 424 g/mol. The van der Waals surface area contributed by atoms with Crippen LogP contribution in [0.25, 0.3) is 10.2 Å². The molecule has 0 aliphatic heterocycles. The lowest BCUT2D eigenvalue weighted by Crippen LogP contribution is -2.18. The van der Waals surface area contributed by atoms with Crippen LogP contribution in [0.5, 0.6) is 0 Å². The molecule has 0 unspecified atom stereocenters. The highest BCUT2D eigenvalue weighted by Crippen LogP contribution is 2.38. The van der Waals surface area contributed by atoms with Crippen LogP contribution in [-0.2, 0) is 6.54 Å². The van der Waals surface area contributed by atoms with Gasteiger partial charge in [0.25, 0.3) is 18.2 Å². The van der Waals surface area contributed by atoms with Gasteiger partial charge in [0.1, 0.15) is 21.6 Å². The number of nitrogens with one attached hydrogen (secondary N) is 1. The number of carbonyl (C=O) groups is 2. The van der Waals surface area contributed by atoms with Gasteiger partial charge in [-0.15, -0.1) is 11.3 Å². The maximum Gasteiger partial charge on any atom is 0.320 e. The fourth-order valence-corrected chi connectivity index (χ4v) is 3.82. The summed E-state index contributed by atoms with van der Waals surface area (Å²) in [6.07, 6.45) is -1.71. The third-order valence-electron chi connectivity index (χ3n) is 4.04. The summed E-state index contributed by atoms with van der Waals surface area (Å²) in [6.45, 7) is 3.49. The Labute approximate surface area is 165 Å². The molecule has 0 aromatic carbocycles. The van der Waals surface area contributed by atoms with Crippen molar-refractivity contribution in [2.24, 2.45) is 5.73 Å². The van der Waals surface area contributed by atoms with Gasteiger partial charge in [0.05, 0.1) is 10.6 Å². The van der Waals surface area contributed by atoms with Gasteiger partial charge in [-0.3, -0.25) is 24.4 Å². The average molecular weight is 424 g/mol. The van der Waals surface area contributed by atoms with Crippen LogP contribution in [0.1, 0.15) is 44.8 Å². The summed E-state index contributed by atoms with van der Waals surface area (Å²) in [5.74, 6) is -1.85. The van der Waals surface area contributed by atoms with E-state index in [-0.39, 0.29) is 20.8 Å². The molecule has 0 bridgehead atoms. The maximum absolute atomic E-state index is 13.0. The Hall–Kier alpha value is -3.48. The molecule has 2 amide bonds. The Kier molecular flexibility index (Phi) is 5.24. The topological polar surface area (TPSA) is 146 Å². The number of rotatable bonds is 6. The van der Waals surface area contributed by atoms with Crippen molar-refractivity contribution in [3.05, 3.63) is 44.2 Å². The van der Waals surface area contributed by atoms with Gasteiger partial charge >= 0.3 is 5.69 Å². The lowest BCUT2D eigenvalue weighted by atomic mass is 10.1. The summed E-state index contributed by atoms with van der Waals surface area (Å²) in [5.41, 5.74) is 4.19. The number of anilines is 1. The van der Waals surface area contributed by atoms with Gasteiger partial charge in [0.2, 0.25) is 5.69 Å². The molecule has 0 aliphatic rings. The van der Waals surface area contributed by atoms with E-state index in [9.17, 15) is 28.5 Å². The van der Waals surface area contributed by atoms with Crippen molar-refractivity contribution in [2.75, 3.05) is 5.32 Å². The number of nitro groups is 1. The van der Waals surface area contributed by atoms with Crippen LogP contribution in [-0.4, -0.2) is 31.5 Å². The lowest BCUT2D eigenvalue weighted by Gasteiger charge is -2.07. The van der Waals surface area contributed by atoms with E-state index >= 15 is 0 Å². The minimum absolute atomic E-state index is 0.0475. The quantitative estimate of drug-likeness (QED) is 0.459. The fourth-order valence-electron chi connectivity index (χ4n) is 2.75. The molecule has 0 atom stereocenters. The first-order valence-electron chi connectivity index (χ1n) is 8.19. The molecule has 0 saturated carbocycles. The number of halogens is 2. The van der Waals surface area contributed by atoms with Crippen LogP contribution in [0.2, 0.25) is 0 Å². The van der Waals surface area contributed by atoms with E-state index in [2.05, 4.69) is 15.4 Å². The molecule has 0 aliphatic carbocycles. The van der Waals surface area contributed by atoms with Crippen LogP contribution >= 0.6 is 11.3 Å². The zero-order chi connectivity index (χ0) is 21.5. The number of aromatic nitrogens is 3. The molecule has 3 heterocycles. The number of nitrogens with two attached hydrogens (primary N) is 1. The van der Waals surface area contributed by atoms with E-state index in [0.29, 0.717) is 12.1 Å². The van der Waals surface area contributed by atoms with Crippen molar-refractivity contribution < 1.29 is 23.3 Å².